The zero-order chi connectivity index (χ0) is 18.0. The van der Waals surface area contributed by atoms with Crippen molar-refractivity contribution in [2.75, 3.05) is 11.1 Å². The Morgan fingerprint density at radius 1 is 1.24 bits per heavy atom. The molecule has 3 N–H and O–H groups in total. The number of benzene rings is 2. The summed E-state index contributed by atoms with van der Waals surface area (Å²) < 4.78 is 27.9. The van der Waals surface area contributed by atoms with E-state index in [1.165, 1.54) is 42.1 Å². The van der Waals surface area contributed by atoms with Gasteiger partial charge in [0.25, 0.3) is 5.91 Å². The van der Waals surface area contributed by atoms with Crippen molar-refractivity contribution in [3.63, 3.8) is 0 Å². The maximum absolute atomic E-state index is 14.1. The molecule has 0 fully saturated rings. The Labute approximate surface area is 148 Å². The van der Waals surface area contributed by atoms with E-state index in [1.54, 1.807) is 12.1 Å². The average Bonchev–Trinajstić information content (AvgIpc) is 2.57. The van der Waals surface area contributed by atoms with E-state index in [0.717, 1.165) is 17.7 Å². The molecule has 0 radical (unpaired) electrons. The van der Waals surface area contributed by atoms with Gasteiger partial charge in [-0.05, 0) is 43.2 Å². The average molecular weight is 361 g/mol. The van der Waals surface area contributed by atoms with Gasteiger partial charge in [0.05, 0.1) is 16.8 Å². The van der Waals surface area contributed by atoms with E-state index in [1.807, 2.05) is 6.92 Å². The quantitative estimate of drug-likeness (QED) is 0.872. The number of hydrogen-bond donors (Lipinski definition) is 2. The molecule has 1 unspecified atom stereocenters. The van der Waals surface area contributed by atoms with Crippen LogP contribution in [0.5, 0.6) is 0 Å². The van der Waals surface area contributed by atoms with Crippen LogP contribution in [0.25, 0.3) is 0 Å². The van der Waals surface area contributed by atoms with Gasteiger partial charge in [-0.1, -0.05) is 30.0 Å². The SMILES string of the molecule is CC1(c2ccc(F)c(NC(=O)c3ccccc3F)c2)CCSC(N)=N1. The van der Waals surface area contributed by atoms with Gasteiger partial charge in [-0.15, -0.1) is 0 Å². The Morgan fingerprint density at radius 3 is 2.72 bits per heavy atom. The first-order valence-electron chi connectivity index (χ1n) is 7.73. The van der Waals surface area contributed by atoms with E-state index in [-0.39, 0.29) is 11.3 Å². The molecular weight excluding hydrogens is 344 g/mol. The molecule has 0 saturated carbocycles. The molecule has 1 heterocycles. The minimum Gasteiger partial charge on any atom is -0.379 e. The van der Waals surface area contributed by atoms with Gasteiger partial charge in [-0.25, -0.2) is 8.78 Å². The molecule has 1 atom stereocenters. The summed E-state index contributed by atoms with van der Waals surface area (Å²) >= 11 is 1.47. The number of aliphatic imine (C=N–C) groups is 1. The summed E-state index contributed by atoms with van der Waals surface area (Å²) in [5, 5.41) is 2.92. The maximum atomic E-state index is 14.1. The van der Waals surface area contributed by atoms with Crippen molar-refractivity contribution in [1.29, 1.82) is 0 Å². The molecule has 0 aromatic heterocycles. The molecule has 1 amide bonds. The number of nitrogens with two attached hydrogens (primary N) is 1. The second kappa shape index (κ2) is 6.84. The van der Waals surface area contributed by atoms with E-state index < -0.39 is 23.1 Å². The van der Waals surface area contributed by atoms with Crippen LogP contribution < -0.4 is 11.1 Å². The lowest BCUT2D eigenvalue weighted by Crippen LogP contribution is -2.29. The number of halogens is 2. The van der Waals surface area contributed by atoms with Crippen LogP contribution in [-0.2, 0) is 5.54 Å². The summed E-state index contributed by atoms with van der Waals surface area (Å²) in [7, 11) is 0. The molecule has 2 aromatic rings. The van der Waals surface area contributed by atoms with Gasteiger partial charge in [0, 0.05) is 5.75 Å². The first-order chi connectivity index (χ1) is 11.9. The van der Waals surface area contributed by atoms with Crippen LogP contribution in [0.1, 0.15) is 29.3 Å². The second-order valence-corrected chi connectivity index (χ2v) is 7.07. The first-order valence-corrected chi connectivity index (χ1v) is 8.72. The van der Waals surface area contributed by atoms with Gasteiger partial charge in [0.1, 0.15) is 11.6 Å². The van der Waals surface area contributed by atoms with E-state index in [9.17, 15) is 13.6 Å². The largest absolute Gasteiger partial charge is 0.379 e. The monoisotopic (exact) mass is 361 g/mol. The topological polar surface area (TPSA) is 67.5 Å². The number of carbonyl (C=O) groups excluding carboxylic acids is 1. The number of amides is 1. The van der Waals surface area contributed by atoms with E-state index in [0.29, 0.717) is 5.17 Å². The number of nitrogens with one attached hydrogen (secondary N) is 1. The molecule has 0 saturated heterocycles. The number of hydrogen-bond acceptors (Lipinski definition) is 4. The highest BCUT2D eigenvalue weighted by atomic mass is 32.2. The van der Waals surface area contributed by atoms with Crippen molar-refractivity contribution in [2.24, 2.45) is 10.7 Å². The molecule has 4 nitrogen and oxygen atoms in total. The standard InChI is InChI=1S/C18H17F2N3OS/c1-18(8-9-25-17(21)23-18)11-6-7-14(20)15(10-11)22-16(24)12-4-2-3-5-13(12)19/h2-7,10H,8-9H2,1H3,(H2,21,23)(H,22,24). The Hall–Kier alpha value is -2.41. The third kappa shape index (κ3) is 3.66. The first kappa shape index (κ1) is 17.4. The number of anilines is 1. The van der Waals surface area contributed by atoms with Crippen LogP contribution in [0.2, 0.25) is 0 Å². The predicted molar refractivity (Wildman–Crippen MR) is 96.8 cm³/mol. The van der Waals surface area contributed by atoms with Crippen molar-refractivity contribution >= 4 is 28.5 Å². The third-order valence-electron chi connectivity index (χ3n) is 4.15. The summed E-state index contributed by atoms with van der Waals surface area (Å²) in [6, 6.07) is 9.98. The van der Waals surface area contributed by atoms with Gasteiger partial charge >= 0.3 is 0 Å². The highest BCUT2D eigenvalue weighted by molar-refractivity contribution is 8.13. The van der Waals surface area contributed by atoms with Crippen molar-refractivity contribution in [3.05, 3.63) is 65.2 Å². The molecule has 0 spiro atoms. The van der Waals surface area contributed by atoms with Gasteiger partial charge in [0.15, 0.2) is 5.17 Å². The van der Waals surface area contributed by atoms with Gasteiger partial charge in [0.2, 0.25) is 0 Å². The normalized spacial score (nSPS) is 20.0. The Bertz CT molecular complexity index is 856. The fraction of sp³-hybridized carbons (Fsp3) is 0.222. The maximum Gasteiger partial charge on any atom is 0.258 e. The highest BCUT2D eigenvalue weighted by Gasteiger charge is 2.30. The molecule has 25 heavy (non-hydrogen) atoms. The minimum atomic E-state index is -0.707. The summed E-state index contributed by atoms with van der Waals surface area (Å²) in [6.07, 6.45) is 0.741. The van der Waals surface area contributed by atoms with Gasteiger partial charge in [-0.2, -0.15) is 0 Å². The number of amidine groups is 1. The van der Waals surface area contributed by atoms with Crippen molar-refractivity contribution < 1.29 is 13.6 Å². The molecule has 0 bridgehead atoms. The second-order valence-electron chi connectivity index (χ2n) is 5.95. The number of nitrogens with zero attached hydrogens (tertiary/aromatic N) is 1. The van der Waals surface area contributed by atoms with Crippen molar-refractivity contribution in [2.45, 2.75) is 18.9 Å². The summed E-state index contributed by atoms with van der Waals surface area (Å²) in [6.45, 7) is 1.91. The van der Waals surface area contributed by atoms with Gasteiger partial charge < -0.3 is 11.1 Å². The minimum absolute atomic E-state index is 0.0148. The van der Waals surface area contributed by atoms with Crippen LogP contribution in [0.4, 0.5) is 14.5 Å². The smallest absolute Gasteiger partial charge is 0.258 e. The number of thioether (sulfide) groups is 1. The fourth-order valence-electron chi connectivity index (χ4n) is 2.69. The highest BCUT2D eigenvalue weighted by Crippen LogP contribution is 2.36. The van der Waals surface area contributed by atoms with Crippen LogP contribution in [0, 0.1) is 11.6 Å². The molecule has 1 aliphatic heterocycles. The lowest BCUT2D eigenvalue weighted by molar-refractivity contribution is 0.102. The van der Waals surface area contributed by atoms with E-state index in [4.69, 9.17) is 5.73 Å². The molecular formula is C18H17F2N3OS. The van der Waals surface area contributed by atoms with Gasteiger partial charge in [-0.3, -0.25) is 9.79 Å². The summed E-state index contributed by atoms with van der Waals surface area (Å²) in [5.74, 6) is -1.16. The molecule has 3 rings (SSSR count). The summed E-state index contributed by atoms with van der Waals surface area (Å²) in [4.78, 5) is 16.7. The van der Waals surface area contributed by atoms with Crippen LogP contribution in [0.15, 0.2) is 47.5 Å². The molecule has 0 aliphatic carbocycles. The predicted octanol–water partition coefficient (Wildman–Crippen LogP) is 3.88. The molecule has 1 aliphatic rings. The Morgan fingerprint density at radius 2 is 2.00 bits per heavy atom. The lowest BCUT2D eigenvalue weighted by Gasteiger charge is -2.30. The molecule has 130 valence electrons. The Balaban J connectivity index is 1.91. The third-order valence-corrected chi connectivity index (χ3v) is 4.95. The number of carbonyl (C=O) groups is 1. The fourth-order valence-corrected chi connectivity index (χ4v) is 3.66. The van der Waals surface area contributed by atoms with Crippen molar-refractivity contribution in [1.82, 2.24) is 0 Å². The lowest BCUT2D eigenvalue weighted by atomic mass is 9.89. The van der Waals surface area contributed by atoms with Crippen molar-refractivity contribution in [3.8, 4) is 0 Å². The zero-order valence-electron chi connectivity index (χ0n) is 13.6. The molecule has 7 heteroatoms. The zero-order valence-corrected chi connectivity index (χ0v) is 14.4. The van der Waals surface area contributed by atoms with Crippen LogP contribution in [0.3, 0.4) is 0 Å². The van der Waals surface area contributed by atoms with E-state index >= 15 is 0 Å². The van der Waals surface area contributed by atoms with Crippen LogP contribution >= 0.6 is 11.8 Å². The summed E-state index contributed by atoms with van der Waals surface area (Å²) in [5.41, 5.74) is 5.81. The van der Waals surface area contributed by atoms with Crippen LogP contribution in [-0.4, -0.2) is 16.8 Å². The van der Waals surface area contributed by atoms with E-state index in [2.05, 4.69) is 10.3 Å². The number of rotatable bonds is 3. The molecule has 2 aromatic carbocycles. The Kier molecular flexibility index (Phi) is 4.76.